The summed E-state index contributed by atoms with van der Waals surface area (Å²) in [6, 6.07) is 5.35. The number of nitrogens with zero attached hydrogens (tertiary/aromatic N) is 2. The lowest BCUT2D eigenvalue weighted by atomic mass is 10.1. The molecule has 4 rings (SSSR count). The first-order chi connectivity index (χ1) is 14.8. The summed E-state index contributed by atoms with van der Waals surface area (Å²) in [7, 11) is -3.70. The minimum Gasteiger partial charge on any atom is -0.302 e. The number of aryl methyl sites for hydroxylation is 2. The van der Waals surface area contributed by atoms with E-state index in [2.05, 4.69) is 20.0 Å². The van der Waals surface area contributed by atoms with E-state index in [1.54, 1.807) is 25.3 Å². The van der Waals surface area contributed by atoms with E-state index in [1.165, 1.54) is 22.7 Å². The van der Waals surface area contributed by atoms with Gasteiger partial charge in [0.15, 0.2) is 5.13 Å². The minimum atomic E-state index is -3.70. The molecule has 2 heterocycles. The van der Waals surface area contributed by atoms with E-state index in [0.717, 1.165) is 41.8 Å². The van der Waals surface area contributed by atoms with Gasteiger partial charge in [-0.1, -0.05) is 36.3 Å². The van der Waals surface area contributed by atoms with Gasteiger partial charge >= 0.3 is 0 Å². The van der Waals surface area contributed by atoms with Crippen LogP contribution in [-0.4, -0.2) is 24.3 Å². The van der Waals surface area contributed by atoms with Crippen LogP contribution in [0.2, 0.25) is 0 Å². The van der Waals surface area contributed by atoms with Crippen LogP contribution >= 0.6 is 22.7 Å². The zero-order chi connectivity index (χ0) is 22.0. The van der Waals surface area contributed by atoms with Crippen molar-refractivity contribution in [1.82, 2.24) is 14.7 Å². The molecular weight excluding hydrogens is 452 g/mol. The van der Waals surface area contributed by atoms with Crippen LogP contribution in [0.1, 0.15) is 41.9 Å². The number of amides is 1. The van der Waals surface area contributed by atoms with E-state index in [9.17, 15) is 13.2 Å². The Morgan fingerprint density at radius 3 is 2.71 bits per heavy atom. The second-order valence-electron chi connectivity index (χ2n) is 7.63. The fourth-order valence-corrected chi connectivity index (χ4v) is 6.59. The molecule has 0 aliphatic heterocycles. The summed E-state index contributed by atoms with van der Waals surface area (Å²) in [5, 5.41) is 6.01. The number of anilines is 1. The van der Waals surface area contributed by atoms with E-state index < -0.39 is 10.0 Å². The SMILES string of the molecule is Cc1ccc(-c2sc(NC(=O)C3CCCC3)nc2C)cc1S(=O)(=O)NCc1nccs1. The summed E-state index contributed by atoms with van der Waals surface area (Å²) in [5.74, 6) is 0.0871. The molecule has 1 aromatic carbocycles. The summed E-state index contributed by atoms with van der Waals surface area (Å²) < 4.78 is 28.4. The van der Waals surface area contributed by atoms with Gasteiger partial charge in [-0.2, -0.15) is 0 Å². The number of thiazole rings is 2. The van der Waals surface area contributed by atoms with Crippen molar-refractivity contribution in [1.29, 1.82) is 0 Å². The second kappa shape index (κ2) is 9.15. The number of benzene rings is 1. The normalized spacial score (nSPS) is 14.8. The predicted octanol–water partition coefficient (Wildman–Crippen LogP) is 4.49. The van der Waals surface area contributed by atoms with Crippen LogP contribution in [0, 0.1) is 19.8 Å². The Kier molecular flexibility index (Phi) is 6.52. The van der Waals surface area contributed by atoms with Crippen molar-refractivity contribution in [3.05, 3.63) is 46.0 Å². The van der Waals surface area contributed by atoms with Crippen LogP contribution < -0.4 is 10.0 Å². The number of hydrogen-bond acceptors (Lipinski definition) is 7. The Labute approximate surface area is 190 Å². The number of carbonyl (C=O) groups is 1. The third-order valence-corrected chi connectivity index (χ3v) is 8.83. The summed E-state index contributed by atoms with van der Waals surface area (Å²) in [4.78, 5) is 22.1. The molecule has 2 aromatic heterocycles. The standard InChI is InChI=1S/C21H24N4O3S3/c1-13-7-8-16(11-17(13)31(27,28)23-12-18-22-9-10-29-18)19-14(2)24-21(30-19)25-20(26)15-5-3-4-6-15/h7-11,15,23H,3-6,12H2,1-2H3,(H,24,25,26). The maximum atomic E-state index is 12.9. The minimum absolute atomic E-state index is 0.0244. The fraction of sp³-hybridized carbons (Fsp3) is 0.381. The molecule has 1 aliphatic rings. The molecule has 0 unspecified atom stereocenters. The van der Waals surface area contributed by atoms with Crippen molar-refractivity contribution < 1.29 is 13.2 Å². The Hall–Kier alpha value is -2.14. The average Bonchev–Trinajstić information content (AvgIpc) is 3.49. The van der Waals surface area contributed by atoms with Gasteiger partial charge in [-0.3, -0.25) is 4.79 Å². The van der Waals surface area contributed by atoms with Gasteiger partial charge in [0.2, 0.25) is 15.9 Å². The predicted molar refractivity (Wildman–Crippen MR) is 124 cm³/mol. The topological polar surface area (TPSA) is 101 Å². The number of nitrogens with one attached hydrogen (secondary N) is 2. The maximum absolute atomic E-state index is 12.9. The Morgan fingerprint density at radius 2 is 2.00 bits per heavy atom. The number of carbonyl (C=O) groups excluding carboxylic acids is 1. The highest BCUT2D eigenvalue weighted by atomic mass is 32.2. The van der Waals surface area contributed by atoms with Gasteiger partial charge in [0.25, 0.3) is 0 Å². The zero-order valence-corrected chi connectivity index (χ0v) is 19.8. The highest BCUT2D eigenvalue weighted by Gasteiger charge is 2.24. The first kappa shape index (κ1) is 22.1. The molecule has 3 aromatic rings. The van der Waals surface area contributed by atoms with Gasteiger partial charge in [-0.05, 0) is 43.9 Å². The van der Waals surface area contributed by atoms with Gasteiger partial charge in [0.1, 0.15) is 5.01 Å². The molecule has 0 saturated heterocycles. The van der Waals surface area contributed by atoms with Crippen molar-refractivity contribution >= 4 is 43.7 Å². The lowest BCUT2D eigenvalue weighted by molar-refractivity contribution is -0.119. The molecule has 1 fully saturated rings. The zero-order valence-electron chi connectivity index (χ0n) is 17.3. The number of aromatic nitrogens is 2. The van der Waals surface area contributed by atoms with E-state index in [-0.39, 0.29) is 23.3 Å². The van der Waals surface area contributed by atoms with Gasteiger partial charge in [-0.15, -0.1) is 11.3 Å². The van der Waals surface area contributed by atoms with Gasteiger partial charge in [-0.25, -0.2) is 23.1 Å². The van der Waals surface area contributed by atoms with Crippen molar-refractivity contribution in [2.75, 3.05) is 5.32 Å². The first-order valence-electron chi connectivity index (χ1n) is 10.1. The van der Waals surface area contributed by atoms with E-state index >= 15 is 0 Å². The molecule has 7 nitrogen and oxygen atoms in total. The van der Waals surface area contributed by atoms with Crippen LogP contribution in [0.3, 0.4) is 0 Å². The summed E-state index contributed by atoms with van der Waals surface area (Å²) in [5.41, 5.74) is 2.18. The lowest BCUT2D eigenvalue weighted by Crippen LogP contribution is -2.24. The molecule has 0 bridgehead atoms. The molecule has 0 radical (unpaired) electrons. The second-order valence-corrected chi connectivity index (χ2v) is 11.3. The maximum Gasteiger partial charge on any atom is 0.241 e. The summed E-state index contributed by atoms with van der Waals surface area (Å²) in [6.45, 7) is 3.79. The Balaban J connectivity index is 1.56. The Bertz CT molecular complexity index is 1180. The molecule has 0 spiro atoms. The monoisotopic (exact) mass is 476 g/mol. The van der Waals surface area contributed by atoms with Crippen LogP contribution in [0.4, 0.5) is 5.13 Å². The highest BCUT2D eigenvalue weighted by molar-refractivity contribution is 7.89. The fourth-order valence-electron chi connectivity index (χ4n) is 3.72. The van der Waals surface area contributed by atoms with E-state index in [0.29, 0.717) is 15.7 Å². The lowest BCUT2D eigenvalue weighted by Gasteiger charge is -2.10. The van der Waals surface area contributed by atoms with Gasteiger partial charge in [0.05, 0.1) is 22.0 Å². The molecule has 1 saturated carbocycles. The van der Waals surface area contributed by atoms with Crippen molar-refractivity contribution in [3.8, 4) is 10.4 Å². The number of rotatable bonds is 7. The molecule has 10 heteroatoms. The highest BCUT2D eigenvalue weighted by Crippen LogP contribution is 2.35. The molecule has 1 aliphatic carbocycles. The summed E-state index contributed by atoms with van der Waals surface area (Å²) in [6.07, 6.45) is 5.69. The third kappa shape index (κ3) is 5.03. The summed E-state index contributed by atoms with van der Waals surface area (Å²) >= 11 is 2.77. The largest absolute Gasteiger partial charge is 0.302 e. The number of hydrogen-bond donors (Lipinski definition) is 2. The number of sulfonamides is 1. The van der Waals surface area contributed by atoms with Crippen LogP contribution in [0.25, 0.3) is 10.4 Å². The quantitative estimate of drug-likeness (QED) is 0.523. The molecular formula is C21H24N4O3S3. The van der Waals surface area contributed by atoms with Gasteiger partial charge < -0.3 is 5.32 Å². The molecule has 2 N–H and O–H groups in total. The smallest absolute Gasteiger partial charge is 0.241 e. The molecule has 0 atom stereocenters. The van der Waals surface area contributed by atoms with Crippen LogP contribution in [0.5, 0.6) is 0 Å². The van der Waals surface area contributed by atoms with Crippen molar-refractivity contribution in [3.63, 3.8) is 0 Å². The van der Waals surface area contributed by atoms with Crippen LogP contribution in [-0.2, 0) is 21.4 Å². The van der Waals surface area contributed by atoms with E-state index in [1.807, 2.05) is 18.4 Å². The first-order valence-corrected chi connectivity index (χ1v) is 13.3. The van der Waals surface area contributed by atoms with Gasteiger partial charge in [0, 0.05) is 17.5 Å². The molecule has 164 valence electrons. The average molecular weight is 477 g/mol. The van der Waals surface area contributed by atoms with E-state index in [4.69, 9.17) is 0 Å². The molecule has 1 amide bonds. The van der Waals surface area contributed by atoms with Crippen molar-refractivity contribution in [2.45, 2.75) is 51.0 Å². The van der Waals surface area contributed by atoms with Crippen LogP contribution in [0.15, 0.2) is 34.7 Å². The molecule has 31 heavy (non-hydrogen) atoms. The Morgan fingerprint density at radius 1 is 1.23 bits per heavy atom. The van der Waals surface area contributed by atoms with Crippen molar-refractivity contribution in [2.24, 2.45) is 5.92 Å². The third-order valence-electron chi connectivity index (χ3n) is 5.39.